The van der Waals surface area contributed by atoms with Gasteiger partial charge in [0.15, 0.2) is 5.79 Å². The van der Waals surface area contributed by atoms with Gasteiger partial charge < -0.3 is 44.1 Å². The highest BCUT2D eigenvalue weighted by molar-refractivity contribution is 5.93. The van der Waals surface area contributed by atoms with Crippen LogP contribution in [0.3, 0.4) is 0 Å². The van der Waals surface area contributed by atoms with E-state index in [1.54, 1.807) is 12.1 Å². The van der Waals surface area contributed by atoms with Crippen molar-refractivity contribution < 1.29 is 33.7 Å². The Morgan fingerprint density at radius 1 is 1.02 bits per heavy atom. The van der Waals surface area contributed by atoms with Gasteiger partial charge in [-0.25, -0.2) is 0 Å². The fourth-order valence-electron chi connectivity index (χ4n) is 6.22. The maximum Gasteiger partial charge on any atom is 0.290 e. The molecular formula is C31H38N4O7. The fourth-order valence-corrected chi connectivity index (χ4v) is 6.22. The van der Waals surface area contributed by atoms with E-state index in [9.17, 15) is 15.0 Å². The van der Waals surface area contributed by atoms with Crippen LogP contribution in [-0.2, 0) is 9.47 Å². The number of phenols is 2. The molecule has 0 atom stereocenters. The third-order valence-corrected chi connectivity index (χ3v) is 8.55. The molecule has 3 N–H and O–H groups in total. The van der Waals surface area contributed by atoms with Crippen LogP contribution in [0.5, 0.6) is 23.0 Å². The van der Waals surface area contributed by atoms with E-state index in [1.807, 2.05) is 31.1 Å². The number of hydrogen-bond acceptors (Lipinski definition) is 10. The lowest BCUT2D eigenvalue weighted by atomic mass is 9.88. The minimum absolute atomic E-state index is 0.0323. The average Bonchev–Trinajstić information content (AvgIpc) is 3.65. The molecule has 1 spiro atoms. The van der Waals surface area contributed by atoms with Crippen molar-refractivity contribution in [1.29, 1.82) is 0 Å². The van der Waals surface area contributed by atoms with Crippen LogP contribution in [0.25, 0.3) is 11.3 Å². The molecule has 1 aromatic heterocycles. The van der Waals surface area contributed by atoms with Crippen molar-refractivity contribution >= 4 is 11.6 Å². The SMILES string of the molecule is CN(C)c1ccc(Oc2cc(O)cc(O)c2-c2cc(C(=O)NC3CCN(C4CCC5(CC4)OCCO5)CC3)on2)cc1. The van der Waals surface area contributed by atoms with Gasteiger partial charge in [-0.05, 0) is 49.9 Å². The number of ether oxygens (including phenoxy) is 3. The molecule has 3 heterocycles. The number of piperidine rings is 1. The summed E-state index contributed by atoms with van der Waals surface area (Å²) in [6, 6.07) is 12.0. The smallest absolute Gasteiger partial charge is 0.290 e. The number of benzene rings is 2. The number of aromatic nitrogens is 1. The molecule has 0 unspecified atom stereocenters. The Kier molecular flexibility index (Phi) is 7.98. The van der Waals surface area contributed by atoms with E-state index in [0.29, 0.717) is 25.0 Å². The average molecular weight is 579 g/mol. The molecule has 2 aliphatic heterocycles. The van der Waals surface area contributed by atoms with Crippen molar-refractivity contribution in [3.8, 4) is 34.3 Å². The minimum atomic E-state index is -0.359. The lowest BCUT2D eigenvalue weighted by molar-refractivity contribution is -0.184. The number of nitrogens with zero attached hydrogens (tertiary/aromatic N) is 3. The third kappa shape index (κ3) is 6.04. The summed E-state index contributed by atoms with van der Waals surface area (Å²) in [4.78, 5) is 17.6. The third-order valence-electron chi connectivity index (χ3n) is 8.55. The number of carbonyl (C=O) groups excluding carboxylic acids is 1. The molecule has 11 nitrogen and oxygen atoms in total. The van der Waals surface area contributed by atoms with E-state index in [-0.39, 0.29) is 52.0 Å². The summed E-state index contributed by atoms with van der Waals surface area (Å²) in [5, 5.41) is 27.9. The maximum atomic E-state index is 13.1. The van der Waals surface area contributed by atoms with Crippen molar-refractivity contribution in [2.75, 3.05) is 45.3 Å². The lowest BCUT2D eigenvalue weighted by Gasteiger charge is -2.43. The Labute approximate surface area is 244 Å². The van der Waals surface area contributed by atoms with Gasteiger partial charge in [-0.3, -0.25) is 4.79 Å². The minimum Gasteiger partial charge on any atom is -0.508 e. The molecule has 0 bridgehead atoms. The molecule has 1 amide bonds. The van der Waals surface area contributed by atoms with Gasteiger partial charge in [0.2, 0.25) is 5.76 Å². The zero-order valence-electron chi connectivity index (χ0n) is 24.0. The first-order chi connectivity index (χ1) is 20.3. The van der Waals surface area contributed by atoms with Crippen LogP contribution in [-0.4, -0.2) is 84.4 Å². The zero-order chi connectivity index (χ0) is 29.3. The van der Waals surface area contributed by atoms with Gasteiger partial charge in [-0.1, -0.05) is 5.16 Å². The number of amides is 1. The quantitative estimate of drug-likeness (QED) is 0.369. The first-order valence-electron chi connectivity index (χ1n) is 14.6. The molecule has 6 rings (SSSR count). The predicted molar refractivity (Wildman–Crippen MR) is 155 cm³/mol. The monoisotopic (exact) mass is 578 g/mol. The number of carbonyl (C=O) groups is 1. The molecular weight excluding hydrogens is 540 g/mol. The van der Waals surface area contributed by atoms with Crippen molar-refractivity contribution in [1.82, 2.24) is 15.4 Å². The standard InChI is InChI=1S/C31H38N4O7/c1-34(2)21-3-5-24(6-4-21)41-27-18-23(36)17-26(37)29(27)25-19-28(42-33-25)30(38)32-20-9-13-35(14-10-20)22-7-11-31(12-8-22)39-15-16-40-31/h3-6,17-20,22,36-37H,7-16H2,1-2H3,(H,32,38). The van der Waals surface area contributed by atoms with Gasteiger partial charge in [0.25, 0.3) is 5.91 Å². The maximum absolute atomic E-state index is 13.1. The van der Waals surface area contributed by atoms with Gasteiger partial charge in [0.05, 0.1) is 18.8 Å². The number of nitrogens with one attached hydrogen (secondary N) is 1. The number of aromatic hydroxyl groups is 2. The first-order valence-corrected chi connectivity index (χ1v) is 14.6. The summed E-state index contributed by atoms with van der Waals surface area (Å²) in [6.07, 6.45) is 5.71. The second kappa shape index (κ2) is 11.8. The topological polar surface area (TPSA) is 130 Å². The Morgan fingerprint density at radius 2 is 1.71 bits per heavy atom. The molecule has 1 saturated carbocycles. The van der Waals surface area contributed by atoms with E-state index < -0.39 is 0 Å². The van der Waals surface area contributed by atoms with Gasteiger partial charge in [0, 0.05) is 76.0 Å². The van der Waals surface area contributed by atoms with Crippen molar-refractivity contribution in [2.45, 2.75) is 56.4 Å². The molecule has 3 aliphatic rings. The first kappa shape index (κ1) is 28.3. The van der Waals surface area contributed by atoms with E-state index >= 15 is 0 Å². The summed E-state index contributed by atoms with van der Waals surface area (Å²) in [6.45, 7) is 3.23. The number of hydrogen-bond donors (Lipinski definition) is 3. The zero-order valence-corrected chi connectivity index (χ0v) is 24.0. The van der Waals surface area contributed by atoms with Crippen LogP contribution in [0.1, 0.15) is 49.1 Å². The molecule has 3 fully saturated rings. The van der Waals surface area contributed by atoms with Gasteiger partial charge in [-0.15, -0.1) is 0 Å². The van der Waals surface area contributed by atoms with Crippen LogP contribution in [0, 0.1) is 0 Å². The van der Waals surface area contributed by atoms with Crippen molar-refractivity contribution in [3.63, 3.8) is 0 Å². The second-order valence-electron chi connectivity index (χ2n) is 11.5. The number of rotatable bonds is 7. The van der Waals surface area contributed by atoms with Crippen LogP contribution in [0.15, 0.2) is 47.0 Å². The summed E-state index contributed by atoms with van der Waals surface area (Å²) >= 11 is 0. The number of likely N-dealkylation sites (tertiary alicyclic amines) is 1. The summed E-state index contributed by atoms with van der Waals surface area (Å²) in [5.41, 5.74) is 1.43. The highest BCUT2D eigenvalue weighted by Crippen LogP contribution is 2.43. The molecule has 11 heteroatoms. The van der Waals surface area contributed by atoms with Crippen LogP contribution in [0.2, 0.25) is 0 Å². The molecule has 224 valence electrons. The van der Waals surface area contributed by atoms with E-state index in [0.717, 1.165) is 57.3 Å². The fraction of sp³-hybridized carbons (Fsp3) is 0.484. The largest absolute Gasteiger partial charge is 0.508 e. The van der Waals surface area contributed by atoms with Gasteiger partial charge in [-0.2, -0.15) is 0 Å². The van der Waals surface area contributed by atoms with E-state index in [2.05, 4.69) is 15.4 Å². The Balaban J connectivity index is 1.07. The highest BCUT2D eigenvalue weighted by atomic mass is 16.7. The number of anilines is 1. The molecule has 2 saturated heterocycles. The number of phenolic OH excluding ortho intramolecular Hbond substituents is 2. The molecule has 0 radical (unpaired) electrons. The Morgan fingerprint density at radius 3 is 2.38 bits per heavy atom. The highest BCUT2D eigenvalue weighted by Gasteiger charge is 2.42. The van der Waals surface area contributed by atoms with Crippen molar-refractivity contribution in [2.24, 2.45) is 0 Å². The predicted octanol–water partition coefficient (Wildman–Crippen LogP) is 4.49. The van der Waals surface area contributed by atoms with Gasteiger partial charge in [0.1, 0.15) is 28.7 Å². The van der Waals surface area contributed by atoms with Crippen LogP contribution >= 0.6 is 0 Å². The summed E-state index contributed by atoms with van der Waals surface area (Å²) in [5.74, 6) is -0.401. The van der Waals surface area contributed by atoms with Gasteiger partial charge >= 0.3 is 0 Å². The van der Waals surface area contributed by atoms with E-state index in [4.69, 9.17) is 18.7 Å². The molecule has 2 aromatic carbocycles. The normalized spacial score (nSPS) is 19.7. The second-order valence-corrected chi connectivity index (χ2v) is 11.5. The Bertz CT molecular complexity index is 1380. The van der Waals surface area contributed by atoms with E-state index in [1.165, 1.54) is 18.2 Å². The summed E-state index contributed by atoms with van der Waals surface area (Å²) < 4.78 is 23.1. The molecule has 1 aliphatic carbocycles. The Hall–Kier alpha value is -3.80. The van der Waals surface area contributed by atoms with Crippen LogP contribution in [0.4, 0.5) is 5.69 Å². The van der Waals surface area contributed by atoms with Crippen LogP contribution < -0.4 is 15.0 Å². The summed E-state index contributed by atoms with van der Waals surface area (Å²) in [7, 11) is 3.88. The molecule has 42 heavy (non-hydrogen) atoms. The lowest BCUT2D eigenvalue weighted by Crippen LogP contribution is -2.50. The van der Waals surface area contributed by atoms with Crippen molar-refractivity contribution in [3.05, 3.63) is 48.2 Å². The molecule has 3 aromatic rings.